The van der Waals surface area contributed by atoms with Crippen LogP contribution < -0.4 is 5.32 Å². The molecule has 134 valence electrons. The maximum Gasteiger partial charge on any atom is 0.243 e. The van der Waals surface area contributed by atoms with E-state index in [1.54, 1.807) is 28.6 Å². The zero-order valence-corrected chi connectivity index (χ0v) is 16.3. The number of sulfonamides is 1. The first-order chi connectivity index (χ1) is 11.3. The summed E-state index contributed by atoms with van der Waals surface area (Å²) in [6.07, 6.45) is 4.72. The van der Waals surface area contributed by atoms with Crippen molar-refractivity contribution in [1.82, 2.24) is 4.31 Å². The Kier molecular flexibility index (Phi) is 6.33. The highest BCUT2D eigenvalue weighted by Crippen LogP contribution is 2.30. The summed E-state index contributed by atoms with van der Waals surface area (Å²) >= 11 is 1.46. The van der Waals surface area contributed by atoms with Crippen LogP contribution in [0.15, 0.2) is 29.2 Å². The first kappa shape index (κ1) is 19.3. The number of nitrogens with zero attached hydrogens (tertiary/aromatic N) is 1. The molecule has 5 nitrogen and oxygen atoms in total. The van der Waals surface area contributed by atoms with E-state index in [-0.39, 0.29) is 28.1 Å². The summed E-state index contributed by atoms with van der Waals surface area (Å²) in [6, 6.07) is 6.47. The molecule has 7 heteroatoms. The Morgan fingerprint density at radius 2 is 1.75 bits per heavy atom. The van der Waals surface area contributed by atoms with Gasteiger partial charge in [-0.2, -0.15) is 16.1 Å². The maximum absolute atomic E-state index is 12.9. The van der Waals surface area contributed by atoms with Crippen molar-refractivity contribution in [1.29, 1.82) is 0 Å². The molecule has 1 aromatic carbocycles. The summed E-state index contributed by atoms with van der Waals surface area (Å²) in [5.41, 5.74) is 0.611. The third-order valence-electron chi connectivity index (χ3n) is 4.53. The number of anilines is 1. The van der Waals surface area contributed by atoms with E-state index >= 15 is 0 Å². The van der Waals surface area contributed by atoms with Gasteiger partial charge in [0.15, 0.2) is 0 Å². The molecule has 2 rings (SSSR count). The quantitative estimate of drug-likeness (QED) is 0.863. The van der Waals surface area contributed by atoms with Gasteiger partial charge < -0.3 is 5.32 Å². The van der Waals surface area contributed by atoms with Gasteiger partial charge in [0.1, 0.15) is 0 Å². The minimum Gasteiger partial charge on any atom is -0.325 e. The van der Waals surface area contributed by atoms with Crippen molar-refractivity contribution < 1.29 is 13.2 Å². The smallest absolute Gasteiger partial charge is 0.243 e. The van der Waals surface area contributed by atoms with Crippen LogP contribution in [0.2, 0.25) is 0 Å². The van der Waals surface area contributed by atoms with E-state index in [4.69, 9.17) is 0 Å². The molecule has 1 aliphatic heterocycles. The van der Waals surface area contributed by atoms with Gasteiger partial charge in [-0.15, -0.1) is 0 Å². The van der Waals surface area contributed by atoms with Gasteiger partial charge in [-0.05, 0) is 64.1 Å². The molecule has 1 saturated heterocycles. The third kappa shape index (κ3) is 4.13. The van der Waals surface area contributed by atoms with Crippen LogP contribution in [-0.4, -0.2) is 42.2 Å². The Morgan fingerprint density at radius 1 is 1.21 bits per heavy atom. The number of amides is 1. The fourth-order valence-electron chi connectivity index (χ4n) is 3.05. The van der Waals surface area contributed by atoms with Gasteiger partial charge in [-0.3, -0.25) is 4.79 Å². The highest BCUT2D eigenvalue weighted by molar-refractivity contribution is 7.99. The Morgan fingerprint density at radius 3 is 2.25 bits per heavy atom. The molecule has 1 aliphatic rings. The number of nitrogens with one attached hydrogen (secondary N) is 1. The van der Waals surface area contributed by atoms with Crippen LogP contribution in [0.3, 0.4) is 0 Å². The maximum atomic E-state index is 12.9. The van der Waals surface area contributed by atoms with E-state index in [0.29, 0.717) is 5.69 Å². The molecule has 0 saturated carbocycles. The zero-order valence-electron chi connectivity index (χ0n) is 14.7. The summed E-state index contributed by atoms with van der Waals surface area (Å²) in [6.45, 7) is 5.76. The van der Waals surface area contributed by atoms with Gasteiger partial charge in [-0.1, -0.05) is 6.42 Å². The van der Waals surface area contributed by atoms with Crippen LogP contribution in [-0.2, 0) is 14.8 Å². The largest absolute Gasteiger partial charge is 0.325 e. The Labute approximate surface area is 149 Å². The molecule has 1 fully saturated rings. The lowest BCUT2D eigenvalue weighted by Crippen LogP contribution is -2.47. The lowest BCUT2D eigenvalue weighted by molar-refractivity contribution is -0.115. The van der Waals surface area contributed by atoms with Crippen LogP contribution in [0.25, 0.3) is 0 Å². The summed E-state index contributed by atoms with van der Waals surface area (Å²) in [7, 11) is -3.51. The van der Waals surface area contributed by atoms with Crippen molar-refractivity contribution in [2.24, 2.45) is 0 Å². The van der Waals surface area contributed by atoms with E-state index < -0.39 is 10.0 Å². The molecule has 24 heavy (non-hydrogen) atoms. The molecule has 0 radical (unpaired) electrons. The van der Waals surface area contributed by atoms with Gasteiger partial charge in [0.2, 0.25) is 15.9 Å². The van der Waals surface area contributed by atoms with Gasteiger partial charge in [0.25, 0.3) is 0 Å². The molecule has 0 aliphatic carbocycles. The molecule has 1 heterocycles. The minimum atomic E-state index is -3.51. The van der Waals surface area contributed by atoms with E-state index in [2.05, 4.69) is 5.32 Å². The van der Waals surface area contributed by atoms with Crippen molar-refractivity contribution >= 4 is 33.4 Å². The lowest BCUT2D eigenvalue weighted by Gasteiger charge is -2.37. The number of rotatable bonds is 5. The number of benzene rings is 1. The second-order valence-corrected chi connectivity index (χ2v) is 9.38. The SMILES string of the molecule is CSC(C)C(=O)Nc1ccc(S(=O)(=O)N2C(C)CCCC2C)cc1. The Hall–Kier alpha value is -1.05. The van der Waals surface area contributed by atoms with Crippen LogP contribution >= 0.6 is 11.8 Å². The highest BCUT2D eigenvalue weighted by atomic mass is 32.2. The number of carbonyl (C=O) groups is 1. The molecule has 3 atom stereocenters. The van der Waals surface area contributed by atoms with Crippen LogP contribution in [0, 0.1) is 0 Å². The zero-order chi connectivity index (χ0) is 17.9. The molecular weight excluding hydrogens is 344 g/mol. The average Bonchev–Trinajstić information content (AvgIpc) is 2.54. The summed E-state index contributed by atoms with van der Waals surface area (Å²) in [5.74, 6) is -0.0867. The first-order valence-corrected chi connectivity index (χ1v) is 11.0. The van der Waals surface area contributed by atoms with Crippen LogP contribution in [0.4, 0.5) is 5.69 Å². The van der Waals surface area contributed by atoms with E-state index in [1.165, 1.54) is 11.8 Å². The van der Waals surface area contributed by atoms with Gasteiger partial charge in [0, 0.05) is 17.8 Å². The van der Waals surface area contributed by atoms with Crippen molar-refractivity contribution in [3.63, 3.8) is 0 Å². The predicted molar refractivity (Wildman–Crippen MR) is 99.8 cm³/mol. The number of hydrogen-bond acceptors (Lipinski definition) is 4. The third-order valence-corrected chi connectivity index (χ3v) is 7.60. The fraction of sp³-hybridized carbons (Fsp3) is 0.588. The number of carbonyl (C=O) groups excluding carboxylic acids is 1. The molecular formula is C17H26N2O3S2. The summed E-state index contributed by atoms with van der Waals surface area (Å²) in [5, 5.41) is 2.65. The molecule has 0 aromatic heterocycles. The van der Waals surface area contributed by atoms with Gasteiger partial charge >= 0.3 is 0 Å². The number of thioether (sulfide) groups is 1. The standard InChI is InChI=1S/C17H26N2O3S2/c1-12-6-5-7-13(2)19(12)24(21,22)16-10-8-15(9-11-16)18-17(20)14(3)23-4/h8-14H,5-7H2,1-4H3,(H,18,20). The van der Waals surface area contributed by atoms with Gasteiger partial charge in [-0.25, -0.2) is 8.42 Å². The van der Waals surface area contributed by atoms with Gasteiger partial charge in [0.05, 0.1) is 10.1 Å². The summed E-state index contributed by atoms with van der Waals surface area (Å²) < 4.78 is 27.5. The monoisotopic (exact) mass is 370 g/mol. The van der Waals surface area contributed by atoms with Crippen LogP contribution in [0.1, 0.15) is 40.0 Å². The van der Waals surface area contributed by atoms with E-state index in [1.807, 2.05) is 27.0 Å². The second-order valence-electron chi connectivity index (χ2n) is 6.36. The summed E-state index contributed by atoms with van der Waals surface area (Å²) in [4.78, 5) is 12.2. The molecule has 1 N–H and O–H groups in total. The Bertz CT molecular complexity index is 664. The molecule has 0 spiro atoms. The highest BCUT2D eigenvalue weighted by Gasteiger charge is 2.35. The van der Waals surface area contributed by atoms with E-state index in [0.717, 1.165) is 19.3 Å². The molecule has 1 amide bonds. The molecule has 1 aromatic rings. The topological polar surface area (TPSA) is 66.5 Å². The Balaban J connectivity index is 2.18. The lowest BCUT2D eigenvalue weighted by atomic mass is 10.0. The van der Waals surface area contributed by atoms with Crippen molar-refractivity contribution in [3.05, 3.63) is 24.3 Å². The van der Waals surface area contributed by atoms with Crippen molar-refractivity contribution in [3.8, 4) is 0 Å². The normalized spacial score (nSPS) is 23.7. The number of piperidine rings is 1. The average molecular weight is 371 g/mol. The molecule has 0 bridgehead atoms. The van der Waals surface area contributed by atoms with Crippen LogP contribution in [0.5, 0.6) is 0 Å². The van der Waals surface area contributed by atoms with E-state index in [9.17, 15) is 13.2 Å². The first-order valence-electron chi connectivity index (χ1n) is 8.24. The van der Waals surface area contributed by atoms with Crippen molar-refractivity contribution in [2.45, 2.75) is 62.3 Å². The molecule has 3 unspecified atom stereocenters. The second kappa shape index (κ2) is 7.89. The minimum absolute atomic E-state index is 0.0144. The predicted octanol–water partition coefficient (Wildman–Crippen LogP) is 3.33. The fourth-order valence-corrected chi connectivity index (χ4v) is 5.21. The van der Waals surface area contributed by atoms with Crippen molar-refractivity contribution in [2.75, 3.05) is 11.6 Å². The number of hydrogen-bond donors (Lipinski definition) is 1.